The third-order valence-corrected chi connectivity index (χ3v) is 9.39. The van der Waals surface area contributed by atoms with E-state index in [-0.39, 0.29) is 0 Å². The molecule has 0 bridgehead atoms. The molecule has 2 aromatic heterocycles. The van der Waals surface area contributed by atoms with Gasteiger partial charge in [0, 0.05) is 38.7 Å². The van der Waals surface area contributed by atoms with Crippen LogP contribution in [-0.2, 0) is 0 Å². The number of para-hydroxylation sites is 1. The zero-order valence-electron chi connectivity index (χ0n) is 25.3. The smallest absolute Gasteiger partial charge is 0.164 e. The number of benzene rings is 7. The van der Waals surface area contributed by atoms with Gasteiger partial charge < -0.3 is 4.57 Å². The molecule has 1 aliphatic carbocycles. The fraction of sp³-hybridized carbons (Fsp3) is 0. The molecule has 9 aromatic rings. The maximum Gasteiger partial charge on any atom is 0.164 e. The molecule has 0 aliphatic heterocycles. The van der Waals surface area contributed by atoms with Crippen LogP contribution in [0.4, 0.5) is 0 Å². The molecule has 0 saturated carbocycles. The Morgan fingerprint density at radius 3 is 1.60 bits per heavy atom. The van der Waals surface area contributed by atoms with Gasteiger partial charge in [-0.25, -0.2) is 15.0 Å². The van der Waals surface area contributed by atoms with Crippen LogP contribution in [0.15, 0.2) is 158 Å². The minimum atomic E-state index is 0.648. The zero-order valence-corrected chi connectivity index (χ0v) is 25.3. The molecular formula is C43H26N4. The van der Waals surface area contributed by atoms with Gasteiger partial charge in [0.1, 0.15) is 0 Å². The fourth-order valence-electron chi connectivity index (χ4n) is 7.31. The van der Waals surface area contributed by atoms with Gasteiger partial charge >= 0.3 is 0 Å². The first kappa shape index (κ1) is 25.9. The van der Waals surface area contributed by atoms with Gasteiger partial charge in [-0.1, -0.05) is 121 Å². The van der Waals surface area contributed by atoms with E-state index < -0.39 is 0 Å². The minimum Gasteiger partial charge on any atom is -0.309 e. The standard InChI is InChI=1S/C43H26N4/c1-3-11-28(12-4-1)41-44-42(29-13-5-2-6-14-29)46-43(45-41)30-21-23-31(24-22-30)47-36-20-8-7-17-34(36)40-37(47)26-25-33-32-18-9-15-27-16-10-19-35(38(27)32)39(33)40/h1-26H. The molecule has 0 radical (unpaired) electrons. The number of nitrogens with zero attached hydrogens (tertiary/aromatic N) is 4. The van der Waals surface area contributed by atoms with Crippen LogP contribution in [0.2, 0.25) is 0 Å². The van der Waals surface area contributed by atoms with E-state index in [4.69, 9.17) is 15.0 Å². The predicted molar refractivity (Wildman–Crippen MR) is 192 cm³/mol. The monoisotopic (exact) mass is 598 g/mol. The van der Waals surface area contributed by atoms with Crippen molar-refractivity contribution in [2.75, 3.05) is 0 Å². The van der Waals surface area contributed by atoms with Crippen LogP contribution in [0.5, 0.6) is 0 Å². The summed E-state index contributed by atoms with van der Waals surface area (Å²) in [6, 6.07) is 55.5. The second kappa shape index (κ2) is 10.1. The molecule has 0 fully saturated rings. The summed E-state index contributed by atoms with van der Waals surface area (Å²) >= 11 is 0. The van der Waals surface area contributed by atoms with Crippen molar-refractivity contribution in [3.8, 4) is 62.1 Å². The van der Waals surface area contributed by atoms with Crippen LogP contribution < -0.4 is 0 Å². The molecule has 0 unspecified atom stereocenters. The van der Waals surface area contributed by atoms with Crippen LogP contribution in [-0.4, -0.2) is 19.5 Å². The Morgan fingerprint density at radius 1 is 0.362 bits per heavy atom. The van der Waals surface area contributed by atoms with E-state index in [1.165, 1.54) is 54.8 Å². The third-order valence-electron chi connectivity index (χ3n) is 9.39. The molecule has 0 N–H and O–H groups in total. The van der Waals surface area contributed by atoms with Crippen molar-refractivity contribution in [1.29, 1.82) is 0 Å². The Hall–Kier alpha value is -6.39. The summed E-state index contributed by atoms with van der Waals surface area (Å²) < 4.78 is 2.38. The van der Waals surface area contributed by atoms with Gasteiger partial charge in [0.05, 0.1) is 11.0 Å². The number of hydrogen-bond donors (Lipinski definition) is 0. The summed E-state index contributed by atoms with van der Waals surface area (Å²) in [4.78, 5) is 14.7. The molecule has 4 nitrogen and oxygen atoms in total. The Kier molecular flexibility index (Phi) is 5.54. The number of hydrogen-bond acceptors (Lipinski definition) is 3. The Bertz CT molecular complexity index is 2590. The lowest BCUT2D eigenvalue weighted by molar-refractivity contribution is 1.07. The largest absolute Gasteiger partial charge is 0.309 e. The van der Waals surface area contributed by atoms with E-state index >= 15 is 0 Å². The number of rotatable bonds is 4. The first-order valence-corrected chi connectivity index (χ1v) is 15.9. The molecule has 7 aromatic carbocycles. The molecule has 0 atom stereocenters. The molecule has 10 rings (SSSR count). The Morgan fingerprint density at radius 2 is 0.936 bits per heavy atom. The summed E-state index contributed by atoms with van der Waals surface area (Å²) in [5.74, 6) is 1.96. The molecule has 0 saturated heterocycles. The van der Waals surface area contributed by atoms with E-state index in [0.29, 0.717) is 17.5 Å². The lowest BCUT2D eigenvalue weighted by atomic mass is 9.98. The van der Waals surface area contributed by atoms with Crippen molar-refractivity contribution in [2.45, 2.75) is 0 Å². The van der Waals surface area contributed by atoms with Crippen LogP contribution in [0.25, 0.3) is 94.7 Å². The van der Waals surface area contributed by atoms with Crippen molar-refractivity contribution in [3.05, 3.63) is 158 Å². The maximum atomic E-state index is 4.94. The highest BCUT2D eigenvalue weighted by Crippen LogP contribution is 2.52. The zero-order chi connectivity index (χ0) is 30.9. The van der Waals surface area contributed by atoms with Crippen molar-refractivity contribution >= 4 is 32.6 Å². The van der Waals surface area contributed by atoms with E-state index in [0.717, 1.165) is 22.4 Å². The molecule has 1 aliphatic rings. The predicted octanol–water partition coefficient (Wildman–Crippen LogP) is 10.8. The summed E-state index contributed by atoms with van der Waals surface area (Å²) in [5.41, 5.74) is 11.6. The highest BCUT2D eigenvalue weighted by atomic mass is 15.0. The molecule has 4 heteroatoms. The lowest BCUT2D eigenvalue weighted by Crippen LogP contribution is -2.00. The maximum absolute atomic E-state index is 4.94. The molecule has 0 spiro atoms. The number of fused-ring (bicyclic) bond motifs is 7. The first-order valence-electron chi connectivity index (χ1n) is 15.9. The van der Waals surface area contributed by atoms with Gasteiger partial charge in [-0.15, -0.1) is 0 Å². The van der Waals surface area contributed by atoms with Gasteiger partial charge in [0.2, 0.25) is 0 Å². The highest BCUT2D eigenvalue weighted by molar-refractivity contribution is 6.26. The Labute approximate surface area is 271 Å². The molecule has 2 heterocycles. The van der Waals surface area contributed by atoms with Gasteiger partial charge in [0.25, 0.3) is 0 Å². The summed E-state index contributed by atoms with van der Waals surface area (Å²) in [6.45, 7) is 0. The molecule has 0 amide bonds. The van der Waals surface area contributed by atoms with Crippen molar-refractivity contribution < 1.29 is 0 Å². The van der Waals surface area contributed by atoms with Crippen LogP contribution in [0.1, 0.15) is 0 Å². The summed E-state index contributed by atoms with van der Waals surface area (Å²) in [5, 5.41) is 5.18. The fourth-order valence-corrected chi connectivity index (χ4v) is 7.31. The normalized spacial score (nSPS) is 11.8. The molecular weight excluding hydrogens is 573 g/mol. The second-order valence-corrected chi connectivity index (χ2v) is 12.0. The second-order valence-electron chi connectivity index (χ2n) is 12.0. The topological polar surface area (TPSA) is 43.6 Å². The van der Waals surface area contributed by atoms with Gasteiger partial charge in [-0.05, 0) is 63.9 Å². The van der Waals surface area contributed by atoms with Gasteiger partial charge in [-0.2, -0.15) is 0 Å². The molecule has 47 heavy (non-hydrogen) atoms. The van der Waals surface area contributed by atoms with E-state index in [1.807, 2.05) is 60.7 Å². The van der Waals surface area contributed by atoms with Crippen LogP contribution in [0, 0.1) is 0 Å². The summed E-state index contributed by atoms with van der Waals surface area (Å²) in [7, 11) is 0. The van der Waals surface area contributed by atoms with Gasteiger partial charge in [0.15, 0.2) is 17.5 Å². The third kappa shape index (κ3) is 3.92. The van der Waals surface area contributed by atoms with Gasteiger partial charge in [-0.3, -0.25) is 0 Å². The van der Waals surface area contributed by atoms with Crippen LogP contribution in [0.3, 0.4) is 0 Å². The van der Waals surface area contributed by atoms with Crippen molar-refractivity contribution in [3.63, 3.8) is 0 Å². The van der Waals surface area contributed by atoms with Crippen LogP contribution >= 0.6 is 0 Å². The Balaban J connectivity index is 1.15. The van der Waals surface area contributed by atoms with Crippen molar-refractivity contribution in [1.82, 2.24) is 19.5 Å². The quantitative estimate of drug-likeness (QED) is 0.202. The van der Waals surface area contributed by atoms with E-state index in [2.05, 4.69) is 102 Å². The summed E-state index contributed by atoms with van der Waals surface area (Å²) in [6.07, 6.45) is 0. The number of aromatic nitrogens is 4. The molecule has 218 valence electrons. The first-order chi connectivity index (χ1) is 23.3. The average molecular weight is 599 g/mol. The van der Waals surface area contributed by atoms with E-state index in [1.54, 1.807) is 0 Å². The van der Waals surface area contributed by atoms with Crippen molar-refractivity contribution in [2.24, 2.45) is 0 Å². The lowest BCUT2D eigenvalue weighted by Gasteiger charge is -2.11. The van der Waals surface area contributed by atoms with E-state index in [9.17, 15) is 0 Å². The minimum absolute atomic E-state index is 0.648. The SMILES string of the molecule is c1ccc(-c2nc(-c3ccccc3)nc(-c3ccc(-n4c5ccccc5c5c6c(ccc54)-c4cccc5cccc-6c45)cc3)n2)cc1. The highest BCUT2D eigenvalue weighted by Gasteiger charge is 2.26. The average Bonchev–Trinajstić information content (AvgIpc) is 3.66.